The number of hydrogen-bond acceptors (Lipinski definition) is 5. The summed E-state index contributed by atoms with van der Waals surface area (Å²) in [5.74, 6) is 0. The maximum atomic E-state index is 11.7. The van der Waals surface area contributed by atoms with Crippen LogP contribution in [0.4, 0.5) is 5.69 Å². The number of aryl methyl sites for hydroxylation is 1. The van der Waals surface area contributed by atoms with Crippen LogP contribution in [0.3, 0.4) is 0 Å². The smallest absolute Gasteiger partial charge is 0.296 e. The van der Waals surface area contributed by atoms with Crippen molar-refractivity contribution in [2.45, 2.75) is 11.8 Å². The fourth-order valence-electron chi connectivity index (χ4n) is 1.98. The lowest BCUT2D eigenvalue weighted by Gasteiger charge is -2.08. The van der Waals surface area contributed by atoms with E-state index in [4.69, 9.17) is 15.5 Å². The monoisotopic (exact) mass is 305 g/mol. The zero-order chi connectivity index (χ0) is 15.8. The molecular weight excluding hydrogens is 294 g/mol. The van der Waals surface area contributed by atoms with E-state index in [1.54, 1.807) is 19.1 Å². The van der Waals surface area contributed by atoms with Crippen LogP contribution in [-0.2, 0) is 10.1 Å². The minimum atomic E-state index is -4.42. The van der Waals surface area contributed by atoms with Crippen molar-refractivity contribution >= 4 is 15.8 Å². The van der Waals surface area contributed by atoms with Crippen molar-refractivity contribution < 1.29 is 13.0 Å². The number of nitriles is 1. The SMILES string of the molecule is Cc1cc(-c2ccc(S(=O)(=O)O)c(N)c2)c(C#N)c(=O)[nH]1. The quantitative estimate of drug-likeness (QED) is 0.560. The molecule has 0 aliphatic carbocycles. The van der Waals surface area contributed by atoms with E-state index < -0.39 is 20.6 Å². The van der Waals surface area contributed by atoms with E-state index in [-0.39, 0.29) is 11.3 Å². The molecular formula is C13H11N3O4S. The Hall–Kier alpha value is -2.63. The maximum Gasteiger partial charge on any atom is 0.296 e. The molecule has 8 heteroatoms. The van der Waals surface area contributed by atoms with Crippen LogP contribution in [-0.4, -0.2) is 18.0 Å². The summed E-state index contributed by atoms with van der Waals surface area (Å²) in [4.78, 5) is 13.8. The highest BCUT2D eigenvalue weighted by atomic mass is 32.2. The predicted octanol–water partition coefficient (Wildman–Crippen LogP) is 1.05. The third-order valence-corrected chi connectivity index (χ3v) is 3.81. The number of nitrogen functional groups attached to an aromatic ring is 1. The molecule has 1 aromatic heterocycles. The molecule has 0 saturated carbocycles. The van der Waals surface area contributed by atoms with Gasteiger partial charge in [0.15, 0.2) is 0 Å². The molecule has 0 saturated heterocycles. The average molecular weight is 305 g/mol. The summed E-state index contributed by atoms with van der Waals surface area (Å²) < 4.78 is 31.2. The number of aromatic amines is 1. The Morgan fingerprint density at radius 1 is 1.33 bits per heavy atom. The first kappa shape index (κ1) is 14.8. The van der Waals surface area contributed by atoms with Crippen LogP contribution in [0, 0.1) is 18.3 Å². The van der Waals surface area contributed by atoms with E-state index in [0.717, 1.165) is 6.07 Å². The summed E-state index contributed by atoms with van der Waals surface area (Å²) in [5.41, 5.74) is 6.10. The largest absolute Gasteiger partial charge is 0.398 e. The van der Waals surface area contributed by atoms with Gasteiger partial charge in [-0.15, -0.1) is 0 Å². The lowest BCUT2D eigenvalue weighted by molar-refractivity contribution is 0.483. The molecule has 0 atom stereocenters. The van der Waals surface area contributed by atoms with Crippen molar-refractivity contribution in [2.75, 3.05) is 5.73 Å². The summed E-state index contributed by atoms with van der Waals surface area (Å²) in [5, 5.41) is 9.07. The minimum Gasteiger partial charge on any atom is -0.398 e. The van der Waals surface area contributed by atoms with Crippen molar-refractivity contribution in [3.8, 4) is 17.2 Å². The van der Waals surface area contributed by atoms with E-state index in [1.807, 2.05) is 0 Å². The summed E-state index contributed by atoms with van der Waals surface area (Å²) >= 11 is 0. The Morgan fingerprint density at radius 2 is 2.00 bits per heavy atom. The second-order valence-electron chi connectivity index (χ2n) is 4.41. The predicted molar refractivity (Wildman–Crippen MR) is 76.2 cm³/mol. The van der Waals surface area contributed by atoms with Gasteiger partial charge < -0.3 is 10.7 Å². The highest BCUT2D eigenvalue weighted by Crippen LogP contribution is 2.27. The van der Waals surface area contributed by atoms with Gasteiger partial charge in [-0.25, -0.2) is 0 Å². The topological polar surface area (TPSA) is 137 Å². The van der Waals surface area contributed by atoms with Crippen molar-refractivity contribution in [2.24, 2.45) is 0 Å². The highest BCUT2D eigenvalue weighted by molar-refractivity contribution is 7.86. The number of H-pyrrole nitrogens is 1. The molecule has 0 aliphatic rings. The van der Waals surface area contributed by atoms with Crippen molar-refractivity contribution in [1.29, 1.82) is 5.26 Å². The summed E-state index contributed by atoms with van der Waals surface area (Å²) in [6.45, 7) is 1.65. The number of rotatable bonds is 2. The number of nitrogens with one attached hydrogen (secondary N) is 1. The van der Waals surface area contributed by atoms with Gasteiger partial charge in [0.1, 0.15) is 16.5 Å². The van der Waals surface area contributed by atoms with E-state index in [0.29, 0.717) is 16.8 Å². The van der Waals surface area contributed by atoms with Gasteiger partial charge >= 0.3 is 0 Å². The Labute approximate surface area is 120 Å². The molecule has 0 spiro atoms. The van der Waals surface area contributed by atoms with Gasteiger partial charge in [0, 0.05) is 11.3 Å². The molecule has 2 aromatic rings. The molecule has 0 aliphatic heterocycles. The van der Waals surface area contributed by atoms with Crippen LogP contribution in [0.15, 0.2) is 34.0 Å². The Kier molecular flexibility index (Phi) is 3.55. The van der Waals surface area contributed by atoms with E-state index in [9.17, 15) is 13.2 Å². The molecule has 0 unspecified atom stereocenters. The molecule has 108 valence electrons. The fourth-order valence-corrected chi connectivity index (χ4v) is 2.58. The second-order valence-corrected chi connectivity index (χ2v) is 5.80. The summed E-state index contributed by atoms with van der Waals surface area (Å²) in [7, 11) is -4.42. The molecule has 0 radical (unpaired) electrons. The maximum absolute atomic E-state index is 11.7. The summed E-state index contributed by atoms with van der Waals surface area (Å²) in [6.07, 6.45) is 0. The molecule has 7 nitrogen and oxygen atoms in total. The van der Waals surface area contributed by atoms with Gasteiger partial charge in [0.05, 0.1) is 5.69 Å². The molecule has 0 amide bonds. The van der Waals surface area contributed by atoms with Crippen molar-refractivity contribution in [3.05, 3.63) is 45.9 Å². The third kappa shape index (κ3) is 2.79. The van der Waals surface area contributed by atoms with Crippen LogP contribution in [0.2, 0.25) is 0 Å². The Balaban J connectivity index is 2.73. The van der Waals surface area contributed by atoms with Gasteiger partial charge in [-0.05, 0) is 30.7 Å². The lowest BCUT2D eigenvalue weighted by Crippen LogP contribution is -2.13. The molecule has 2 rings (SSSR count). The van der Waals surface area contributed by atoms with Crippen LogP contribution in [0.25, 0.3) is 11.1 Å². The van der Waals surface area contributed by atoms with Crippen LogP contribution < -0.4 is 11.3 Å². The fraction of sp³-hybridized carbons (Fsp3) is 0.0769. The minimum absolute atomic E-state index is 0.0976. The number of aromatic nitrogens is 1. The van der Waals surface area contributed by atoms with Gasteiger partial charge in [-0.3, -0.25) is 9.35 Å². The van der Waals surface area contributed by atoms with Crippen LogP contribution >= 0.6 is 0 Å². The standard InChI is InChI=1S/C13H11N3O4S/c1-7-4-9(10(6-14)13(17)16-7)8-2-3-12(11(15)5-8)21(18,19)20/h2-5H,15H2,1H3,(H,16,17)(H,18,19,20). The van der Waals surface area contributed by atoms with Gasteiger partial charge in [0.25, 0.3) is 15.7 Å². The number of pyridine rings is 1. The van der Waals surface area contributed by atoms with Crippen molar-refractivity contribution in [1.82, 2.24) is 4.98 Å². The molecule has 1 heterocycles. The van der Waals surface area contributed by atoms with Gasteiger partial charge in [-0.2, -0.15) is 13.7 Å². The van der Waals surface area contributed by atoms with Gasteiger partial charge in [-0.1, -0.05) is 6.07 Å². The number of nitrogens with two attached hydrogens (primary N) is 1. The van der Waals surface area contributed by atoms with Crippen LogP contribution in [0.5, 0.6) is 0 Å². The Bertz CT molecular complexity index is 923. The number of benzene rings is 1. The van der Waals surface area contributed by atoms with E-state index in [1.165, 1.54) is 12.1 Å². The average Bonchev–Trinajstić information content (AvgIpc) is 2.36. The second kappa shape index (κ2) is 5.05. The lowest BCUT2D eigenvalue weighted by atomic mass is 10.0. The zero-order valence-electron chi connectivity index (χ0n) is 10.9. The number of anilines is 1. The molecule has 1 aromatic carbocycles. The highest BCUT2D eigenvalue weighted by Gasteiger charge is 2.16. The number of nitrogens with zero attached hydrogens (tertiary/aromatic N) is 1. The third-order valence-electron chi connectivity index (χ3n) is 2.88. The van der Waals surface area contributed by atoms with Crippen molar-refractivity contribution in [3.63, 3.8) is 0 Å². The first-order valence-corrected chi connectivity index (χ1v) is 7.19. The van der Waals surface area contributed by atoms with Crippen LogP contribution in [0.1, 0.15) is 11.3 Å². The summed E-state index contributed by atoms with van der Waals surface area (Å²) in [6, 6.07) is 7.17. The molecule has 21 heavy (non-hydrogen) atoms. The normalized spacial score (nSPS) is 11.1. The molecule has 0 fully saturated rings. The number of hydrogen-bond donors (Lipinski definition) is 3. The first-order valence-electron chi connectivity index (χ1n) is 5.75. The van der Waals surface area contributed by atoms with E-state index in [2.05, 4.69) is 4.98 Å². The molecule has 0 bridgehead atoms. The molecule has 4 N–H and O–H groups in total. The van der Waals surface area contributed by atoms with Gasteiger partial charge in [0.2, 0.25) is 0 Å². The van der Waals surface area contributed by atoms with E-state index >= 15 is 0 Å². The first-order chi connectivity index (χ1) is 9.74. The Morgan fingerprint density at radius 3 is 2.52 bits per heavy atom. The zero-order valence-corrected chi connectivity index (χ0v) is 11.7.